The van der Waals surface area contributed by atoms with E-state index in [1.54, 1.807) is 0 Å². The Hall–Kier alpha value is -2.48. The Balaban J connectivity index is 1.83. The maximum absolute atomic E-state index is 13.9. The summed E-state index contributed by atoms with van der Waals surface area (Å²) >= 11 is 18.3. The maximum atomic E-state index is 13.9. The smallest absolute Gasteiger partial charge is 0.275 e. The molecule has 184 valence electrons. The standard InChI is InChI=1S/C25H22Cl3FN2O4/c26-12-11-21(22(32)14-5-8-16(29)9-6-14)30(25(35)19-10-7-15(27)13-20(19)28)31-23(33)17-3-1-2-4-18(17)24(31)34/h5-10,13,17-18,21H,1-4,11-12H2/t17-,18+,21-/m0/s1. The van der Waals surface area contributed by atoms with Crippen LogP contribution in [0.4, 0.5) is 4.39 Å². The average Bonchev–Trinajstić information content (AvgIpc) is 3.09. The molecule has 1 aliphatic heterocycles. The molecule has 1 saturated heterocycles. The van der Waals surface area contributed by atoms with Crippen LogP contribution < -0.4 is 0 Å². The van der Waals surface area contributed by atoms with E-state index in [4.69, 9.17) is 34.8 Å². The molecule has 1 aliphatic carbocycles. The van der Waals surface area contributed by atoms with Gasteiger partial charge in [0.2, 0.25) is 0 Å². The van der Waals surface area contributed by atoms with E-state index in [-0.39, 0.29) is 33.5 Å². The number of ketones is 1. The van der Waals surface area contributed by atoms with Crippen molar-refractivity contribution in [2.75, 3.05) is 5.88 Å². The van der Waals surface area contributed by atoms with Crippen molar-refractivity contribution in [3.05, 3.63) is 69.5 Å². The predicted octanol–water partition coefficient (Wildman–Crippen LogP) is 5.55. The molecule has 3 amide bonds. The van der Waals surface area contributed by atoms with E-state index in [0.717, 1.165) is 35.0 Å². The van der Waals surface area contributed by atoms with Crippen molar-refractivity contribution in [2.45, 2.75) is 38.1 Å². The van der Waals surface area contributed by atoms with Crippen LogP contribution in [0.15, 0.2) is 42.5 Å². The minimum Gasteiger partial charge on any atom is -0.292 e. The lowest BCUT2D eigenvalue weighted by atomic mass is 9.81. The third kappa shape index (κ3) is 4.95. The molecule has 0 unspecified atom stereocenters. The number of Topliss-reactive ketones (excluding diaryl/α,β-unsaturated/α-hetero) is 1. The summed E-state index contributed by atoms with van der Waals surface area (Å²) in [5, 5.41) is 2.00. The van der Waals surface area contributed by atoms with Gasteiger partial charge >= 0.3 is 0 Å². The van der Waals surface area contributed by atoms with E-state index >= 15 is 0 Å². The molecular formula is C25H22Cl3FN2O4. The van der Waals surface area contributed by atoms with Crippen LogP contribution in [0.1, 0.15) is 52.8 Å². The van der Waals surface area contributed by atoms with E-state index in [1.807, 2.05) is 0 Å². The Kier molecular flexibility index (Phi) is 7.79. The number of carbonyl (C=O) groups is 4. The lowest BCUT2D eigenvalue weighted by molar-refractivity contribution is -0.156. The van der Waals surface area contributed by atoms with Crippen LogP contribution in [0.2, 0.25) is 10.0 Å². The van der Waals surface area contributed by atoms with Crippen molar-refractivity contribution in [1.82, 2.24) is 10.0 Å². The van der Waals surface area contributed by atoms with Gasteiger partial charge in [0.05, 0.1) is 22.4 Å². The van der Waals surface area contributed by atoms with Crippen LogP contribution >= 0.6 is 34.8 Å². The minimum absolute atomic E-state index is 0.00265. The van der Waals surface area contributed by atoms with Gasteiger partial charge in [-0.2, -0.15) is 5.01 Å². The average molecular weight is 540 g/mol. The van der Waals surface area contributed by atoms with Crippen LogP contribution in [-0.4, -0.2) is 45.4 Å². The highest BCUT2D eigenvalue weighted by Crippen LogP contribution is 2.40. The van der Waals surface area contributed by atoms with Gasteiger partial charge in [-0.3, -0.25) is 19.2 Å². The summed E-state index contributed by atoms with van der Waals surface area (Å²) in [5.41, 5.74) is 0.0797. The monoisotopic (exact) mass is 538 g/mol. The molecule has 1 saturated carbocycles. The number of alkyl halides is 1. The Morgan fingerprint density at radius 1 is 1.00 bits per heavy atom. The number of benzene rings is 2. The number of fused-ring (bicyclic) bond motifs is 1. The van der Waals surface area contributed by atoms with Gasteiger partial charge in [0.25, 0.3) is 17.7 Å². The second-order valence-electron chi connectivity index (χ2n) is 8.62. The van der Waals surface area contributed by atoms with Crippen LogP contribution in [0.5, 0.6) is 0 Å². The van der Waals surface area contributed by atoms with Crippen molar-refractivity contribution in [3.8, 4) is 0 Å². The van der Waals surface area contributed by atoms with Crippen LogP contribution in [-0.2, 0) is 9.59 Å². The first-order valence-electron chi connectivity index (χ1n) is 11.3. The van der Waals surface area contributed by atoms with Crippen LogP contribution in [0.3, 0.4) is 0 Å². The number of hydrogen-bond acceptors (Lipinski definition) is 4. The number of halogens is 4. The molecule has 2 aromatic rings. The summed E-state index contributed by atoms with van der Waals surface area (Å²) in [7, 11) is 0. The molecule has 35 heavy (non-hydrogen) atoms. The number of rotatable bonds is 7. The Morgan fingerprint density at radius 2 is 1.60 bits per heavy atom. The molecule has 0 N–H and O–H groups in total. The van der Waals surface area contributed by atoms with Crippen LogP contribution in [0.25, 0.3) is 0 Å². The number of imide groups is 1. The zero-order valence-electron chi connectivity index (χ0n) is 18.6. The summed E-state index contributed by atoms with van der Waals surface area (Å²) in [6.45, 7) is 0. The summed E-state index contributed by atoms with van der Waals surface area (Å²) in [6, 6.07) is 7.68. The molecular weight excluding hydrogens is 518 g/mol. The lowest BCUT2D eigenvalue weighted by Gasteiger charge is -2.36. The van der Waals surface area contributed by atoms with E-state index in [0.29, 0.717) is 12.8 Å². The van der Waals surface area contributed by atoms with Gasteiger partial charge in [-0.25, -0.2) is 9.40 Å². The first kappa shape index (κ1) is 25.6. The fourth-order valence-electron chi connectivity index (χ4n) is 4.79. The number of carbonyl (C=O) groups excluding carboxylic acids is 4. The lowest BCUT2D eigenvalue weighted by Crippen LogP contribution is -2.57. The molecule has 4 rings (SSSR count). The van der Waals surface area contributed by atoms with Gasteiger partial charge in [-0.1, -0.05) is 36.0 Å². The van der Waals surface area contributed by atoms with Crippen molar-refractivity contribution < 1.29 is 23.6 Å². The van der Waals surface area contributed by atoms with Gasteiger partial charge in [-0.15, -0.1) is 11.6 Å². The molecule has 1 heterocycles. The highest BCUT2D eigenvalue weighted by atomic mass is 35.5. The fourth-order valence-corrected chi connectivity index (χ4v) is 5.49. The third-order valence-corrected chi connectivity index (χ3v) is 7.28. The van der Waals surface area contributed by atoms with Crippen molar-refractivity contribution >= 4 is 58.3 Å². The van der Waals surface area contributed by atoms with E-state index in [9.17, 15) is 23.6 Å². The summed E-state index contributed by atoms with van der Waals surface area (Å²) in [5.74, 6) is -4.12. The zero-order chi connectivity index (χ0) is 25.3. The van der Waals surface area contributed by atoms with E-state index < -0.39 is 47.2 Å². The molecule has 2 aliphatic rings. The van der Waals surface area contributed by atoms with E-state index in [1.165, 1.54) is 30.3 Å². The number of nitrogens with zero attached hydrogens (tertiary/aromatic N) is 2. The molecule has 2 aromatic carbocycles. The third-order valence-electron chi connectivity index (χ3n) is 6.51. The van der Waals surface area contributed by atoms with Gasteiger partial charge in [0.1, 0.15) is 11.9 Å². The molecule has 0 spiro atoms. The second kappa shape index (κ2) is 10.6. The fraction of sp³-hybridized carbons (Fsp3) is 0.360. The second-order valence-corrected chi connectivity index (χ2v) is 9.85. The Labute approximate surface area is 216 Å². The largest absolute Gasteiger partial charge is 0.292 e. The highest BCUT2D eigenvalue weighted by Gasteiger charge is 2.53. The molecule has 0 aromatic heterocycles. The molecule has 10 heteroatoms. The SMILES string of the molecule is O=C(c1ccc(F)cc1)[C@H](CCCl)N(C(=O)c1ccc(Cl)cc1Cl)N1C(=O)[C@H]2CCCC[C@H]2C1=O. The van der Waals surface area contributed by atoms with Gasteiger partial charge in [0, 0.05) is 16.5 Å². The zero-order valence-corrected chi connectivity index (χ0v) is 20.8. The highest BCUT2D eigenvalue weighted by molar-refractivity contribution is 6.36. The molecule has 2 fully saturated rings. The quantitative estimate of drug-likeness (QED) is 0.263. The molecule has 3 atom stereocenters. The van der Waals surface area contributed by atoms with Gasteiger partial charge in [-0.05, 0) is 61.7 Å². The first-order valence-corrected chi connectivity index (χ1v) is 12.6. The number of hydrogen-bond donors (Lipinski definition) is 0. The first-order chi connectivity index (χ1) is 16.7. The van der Waals surface area contributed by atoms with E-state index in [2.05, 4.69) is 0 Å². The summed E-state index contributed by atoms with van der Waals surface area (Å²) in [4.78, 5) is 54.3. The number of amides is 3. The normalized spacial score (nSPS) is 20.5. The predicted molar refractivity (Wildman–Crippen MR) is 130 cm³/mol. The molecule has 0 radical (unpaired) electrons. The van der Waals surface area contributed by atoms with Crippen molar-refractivity contribution in [3.63, 3.8) is 0 Å². The number of hydrazine groups is 1. The summed E-state index contributed by atoms with van der Waals surface area (Å²) in [6.07, 6.45) is 2.60. The topological polar surface area (TPSA) is 74.8 Å². The van der Waals surface area contributed by atoms with Crippen molar-refractivity contribution in [1.29, 1.82) is 0 Å². The van der Waals surface area contributed by atoms with Gasteiger partial charge < -0.3 is 0 Å². The Bertz CT molecular complexity index is 1150. The van der Waals surface area contributed by atoms with Crippen molar-refractivity contribution in [2.24, 2.45) is 11.8 Å². The minimum atomic E-state index is -1.30. The summed E-state index contributed by atoms with van der Waals surface area (Å²) < 4.78 is 13.5. The molecule has 0 bridgehead atoms. The molecule has 6 nitrogen and oxygen atoms in total. The van der Waals surface area contributed by atoms with Gasteiger partial charge in [0.15, 0.2) is 5.78 Å². The Morgan fingerprint density at radius 3 is 2.14 bits per heavy atom. The maximum Gasteiger partial charge on any atom is 0.275 e. The van der Waals surface area contributed by atoms with Crippen LogP contribution in [0, 0.1) is 17.7 Å².